The third kappa shape index (κ3) is 5.27. The van der Waals surface area contributed by atoms with E-state index in [1.807, 2.05) is 42.5 Å². The average molecular weight is 658 g/mol. The number of carbonyl (C=O) groups is 2. The number of benzene rings is 3. The molecule has 6 rings (SSSR count). The Balaban J connectivity index is 1.26. The first-order valence-corrected chi connectivity index (χ1v) is 15.5. The van der Waals surface area contributed by atoms with Crippen LogP contribution in [0, 0.1) is 5.92 Å². The van der Waals surface area contributed by atoms with Crippen LogP contribution in [-0.2, 0) is 21.7 Å². The smallest absolute Gasteiger partial charge is 0.279 e. The Bertz CT molecular complexity index is 1840. The van der Waals surface area contributed by atoms with Crippen molar-refractivity contribution in [2.45, 2.75) is 44.4 Å². The van der Waals surface area contributed by atoms with E-state index in [0.717, 1.165) is 28.3 Å². The molecule has 1 saturated heterocycles. The second kappa shape index (κ2) is 12.1. The number of rotatable bonds is 8. The largest absolute Gasteiger partial charge is 0.394 e. The predicted octanol–water partition coefficient (Wildman–Crippen LogP) is 4.45. The molecule has 1 aromatic heterocycles. The first kappa shape index (κ1) is 29.9. The molecule has 4 aromatic rings. The highest BCUT2D eigenvalue weighted by molar-refractivity contribution is 9.10. The number of aliphatic hydroxyl groups is 2. The van der Waals surface area contributed by atoms with Crippen LogP contribution in [-0.4, -0.2) is 55.9 Å². The predicted molar refractivity (Wildman–Crippen MR) is 171 cm³/mol. The topological polar surface area (TPSA) is 116 Å². The van der Waals surface area contributed by atoms with E-state index in [0.29, 0.717) is 28.9 Å². The first-order chi connectivity index (χ1) is 21.2. The summed E-state index contributed by atoms with van der Waals surface area (Å²) in [5.74, 6) is -1.19. The zero-order chi connectivity index (χ0) is 31.0. The first-order valence-electron chi connectivity index (χ1n) is 14.7. The Kier molecular flexibility index (Phi) is 8.24. The maximum absolute atomic E-state index is 14.0. The Morgan fingerprint density at radius 2 is 1.95 bits per heavy atom. The van der Waals surface area contributed by atoms with Gasteiger partial charge in [0.1, 0.15) is 0 Å². The molecule has 0 unspecified atom stereocenters. The van der Waals surface area contributed by atoms with Gasteiger partial charge in [-0.25, -0.2) is 0 Å². The lowest BCUT2D eigenvalue weighted by Crippen LogP contribution is -2.44. The summed E-state index contributed by atoms with van der Waals surface area (Å²) in [5, 5.41) is 27.3. The number of aliphatic hydroxyl groups excluding tert-OH is 1. The summed E-state index contributed by atoms with van der Waals surface area (Å²) in [6.07, 6.45) is 6.84. The van der Waals surface area contributed by atoms with Crippen molar-refractivity contribution in [2.24, 2.45) is 5.92 Å². The van der Waals surface area contributed by atoms with Crippen LogP contribution in [0.5, 0.6) is 0 Å². The number of amides is 2. The molecule has 226 valence electrons. The van der Waals surface area contributed by atoms with Crippen LogP contribution in [0.25, 0.3) is 16.5 Å². The zero-order valence-electron chi connectivity index (χ0n) is 24.3. The van der Waals surface area contributed by atoms with E-state index in [4.69, 9.17) is 0 Å². The molecule has 0 bridgehead atoms. The van der Waals surface area contributed by atoms with Gasteiger partial charge in [-0.2, -0.15) is 9.78 Å². The van der Waals surface area contributed by atoms with E-state index in [9.17, 15) is 24.6 Å². The number of hydrogen-bond donors (Lipinski definition) is 2. The number of aromatic nitrogens is 2. The van der Waals surface area contributed by atoms with Gasteiger partial charge in [-0.15, -0.1) is 0 Å². The van der Waals surface area contributed by atoms with Gasteiger partial charge >= 0.3 is 0 Å². The highest BCUT2D eigenvalue weighted by atomic mass is 79.9. The monoisotopic (exact) mass is 656 g/mol. The van der Waals surface area contributed by atoms with Crippen LogP contribution in [0.3, 0.4) is 0 Å². The van der Waals surface area contributed by atoms with Crippen LogP contribution in [0.2, 0.25) is 0 Å². The number of anilines is 1. The minimum Gasteiger partial charge on any atom is -0.394 e. The van der Waals surface area contributed by atoms with Crippen LogP contribution in [0.1, 0.15) is 37.3 Å². The van der Waals surface area contributed by atoms with Gasteiger partial charge in [-0.3, -0.25) is 14.4 Å². The Morgan fingerprint density at radius 1 is 1.14 bits per heavy atom. The lowest BCUT2D eigenvalue weighted by molar-refractivity contribution is -0.139. The van der Waals surface area contributed by atoms with Crippen molar-refractivity contribution in [3.63, 3.8) is 0 Å². The van der Waals surface area contributed by atoms with Crippen molar-refractivity contribution in [1.82, 2.24) is 14.7 Å². The van der Waals surface area contributed by atoms with Gasteiger partial charge in [0.15, 0.2) is 5.60 Å². The summed E-state index contributed by atoms with van der Waals surface area (Å²) in [5.41, 5.74) is 0.300. The van der Waals surface area contributed by atoms with Gasteiger partial charge in [0.2, 0.25) is 5.91 Å². The molecular formula is C34H33BrN4O5. The summed E-state index contributed by atoms with van der Waals surface area (Å²) in [4.78, 5) is 43.3. The van der Waals surface area contributed by atoms with Crippen molar-refractivity contribution < 1.29 is 19.8 Å². The molecule has 0 aliphatic carbocycles. The Hall–Kier alpha value is -4.12. The van der Waals surface area contributed by atoms with Crippen molar-refractivity contribution in [2.75, 3.05) is 18.1 Å². The second-order valence-electron chi connectivity index (χ2n) is 11.4. The van der Waals surface area contributed by atoms with Gasteiger partial charge in [0, 0.05) is 34.3 Å². The second-order valence-corrected chi connectivity index (χ2v) is 12.3. The normalized spacial score (nSPS) is 20.5. The minimum atomic E-state index is -1.85. The van der Waals surface area contributed by atoms with E-state index in [1.165, 1.54) is 4.68 Å². The maximum atomic E-state index is 14.0. The number of halogens is 1. The molecular weight excluding hydrogens is 624 g/mol. The quantitative estimate of drug-likeness (QED) is 0.271. The Labute approximate surface area is 263 Å². The molecule has 2 aliphatic rings. The third-order valence-corrected chi connectivity index (χ3v) is 9.20. The molecule has 2 aliphatic heterocycles. The van der Waals surface area contributed by atoms with Gasteiger partial charge in [-0.05, 0) is 54.8 Å². The molecule has 3 aromatic carbocycles. The molecule has 10 heteroatoms. The van der Waals surface area contributed by atoms with Crippen molar-refractivity contribution in [1.29, 1.82) is 0 Å². The van der Waals surface area contributed by atoms with Gasteiger partial charge in [-0.1, -0.05) is 65.3 Å². The minimum absolute atomic E-state index is 0.0555. The fourth-order valence-corrected chi connectivity index (χ4v) is 6.66. The SMILES string of the molecule is C[C@@H](/C=C/CC(=O)N1CCC[C@H]1CO)[C@]1(O)C(=O)N(Cc2cccc(-n3ncc4ccccc4c3=O)c2)c2ccc(Br)cc21. The Morgan fingerprint density at radius 3 is 2.77 bits per heavy atom. The van der Waals surface area contributed by atoms with Gasteiger partial charge < -0.3 is 20.0 Å². The average Bonchev–Trinajstić information content (AvgIpc) is 3.59. The highest BCUT2D eigenvalue weighted by Gasteiger charge is 2.52. The molecule has 2 amide bonds. The van der Waals surface area contributed by atoms with Crippen LogP contribution < -0.4 is 10.5 Å². The van der Waals surface area contributed by atoms with Crippen LogP contribution in [0.15, 0.2) is 94.3 Å². The van der Waals surface area contributed by atoms with E-state index in [-0.39, 0.29) is 37.1 Å². The number of nitrogens with zero attached hydrogens (tertiary/aromatic N) is 4. The summed E-state index contributed by atoms with van der Waals surface area (Å²) in [7, 11) is 0. The third-order valence-electron chi connectivity index (χ3n) is 8.71. The van der Waals surface area contributed by atoms with Crippen LogP contribution in [0.4, 0.5) is 5.69 Å². The number of likely N-dealkylation sites (tertiary alicyclic amines) is 1. The lowest BCUT2D eigenvalue weighted by atomic mass is 9.83. The van der Waals surface area contributed by atoms with E-state index < -0.39 is 17.4 Å². The number of fused-ring (bicyclic) bond motifs is 2. The van der Waals surface area contributed by atoms with E-state index >= 15 is 0 Å². The molecule has 44 heavy (non-hydrogen) atoms. The zero-order valence-corrected chi connectivity index (χ0v) is 25.9. The highest BCUT2D eigenvalue weighted by Crippen LogP contribution is 2.46. The molecule has 3 atom stereocenters. The molecule has 0 radical (unpaired) electrons. The van der Waals surface area contributed by atoms with Gasteiger partial charge in [0.05, 0.1) is 42.2 Å². The summed E-state index contributed by atoms with van der Waals surface area (Å²) in [6, 6.07) is 19.8. The molecule has 1 fully saturated rings. The standard InChI is InChI=1S/C34H33BrN4O5/c1-22(7-4-13-31(41)37-16-6-11-27(37)21-40)34(44)29-18-25(35)14-15-30(29)38(33(34)43)20-23-8-5-10-26(17-23)39-32(42)28-12-3-2-9-24(28)19-36-39/h2-5,7-10,12,14-15,17-19,22,27,40,44H,6,11,13,16,20-21H2,1H3/b7-4+/t22-,27-,34+/m0/s1. The van der Waals surface area contributed by atoms with E-state index in [1.54, 1.807) is 59.3 Å². The van der Waals surface area contributed by atoms with Crippen molar-refractivity contribution >= 4 is 44.2 Å². The lowest BCUT2D eigenvalue weighted by Gasteiger charge is -2.28. The van der Waals surface area contributed by atoms with Gasteiger partial charge in [0.25, 0.3) is 11.5 Å². The summed E-state index contributed by atoms with van der Waals surface area (Å²) < 4.78 is 2.07. The molecule has 3 heterocycles. The fourth-order valence-electron chi connectivity index (χ4n) is 6.30. The van der Waals surface area contributed by atoms with Crippen LogP contribution >= 0.6 is 15.9 Å². The van der Waals surface area contributed by atoms with E-state index in [2.05, 4.69) is 21.0 Å². The summed E-state index contributed by atoms with van der Waals surface area (Å²) in [6.45, 7) is 2.50. The maximum Gasteiger partial charge on any atom is 0.279 e. The number of hydrogen-bond acceptors (Lipinski definition) is 6. The number of carbonyl (C=O) groups excluding carboxylic acids is 2. The van der Waals surface area contributed by atoms with Crippen molar-refractivity contribution in [3.05, 3.63) is 111 Å². The molecule has 0 saturated carbocycles. The fraction of sp³-hybridized carbons (Fsp3) is 0.294. The molecule has 0 spiro atoms. The van der Waals surface area contributed by atoms with Crippen molar-refractivity contribution in [3.8, 4) is 5.69 Å². The summed E-state index contributed by atoms with van der Waals surface area (Å²) >= 11 is 3.48. The molecule has 2 N–H and O–H groups in total. The molecule has 9 nitrogen and oxygen atoms in total.